The van der Waals surface area contributed by atoms with Crippen molar-refractivity contribution in [2.24, 2.45) is 0 Å². The van der Waals surface area contributed by atoms with Gasteiger partial charge in [-0.1, -0.05) is 29.8 Å². The molecule has 0 aliphatic carbocycles. The van der Waals surface area contributed by atoms with Crippen LogP contribution in [0, 0.1) is 0 Å². The number of nitrogen functional groups attached to an aromatic ring is 1. The van der Waals surface area contributed by atoms with E-state index in [1.165, 1.54) is 5.56 Å². The summed E-state index contributed by atoms with van der Waals surface area (Å²) in [6, 6.07) is 13.7. The van der Waals surface area contributed by atoms with Gasteiger partial charge < -0.3 is 10.3 Å². The molecule has 0 atom stereocenters. The minimum Gasteiger partial charge on any atom is -0.399 e. The summed E-state index contributed by atoms with van der Waals surface area (Å²) < 4.78 is 2.13. The molecule has 3 aromatic rings. The van der Waals surface area contributed by atoms with Gasteiger partial charge in [-0.2, -0.15) is 0 Å². The number of aryl methyl sites for hydroxylation is 1. The molecule has 0 unspecified atom stereocenters. The molecule has 0 saturated heterocycles. The normalized spacial score (nSPS) is 12.8. The SMILES string of the molecule is Nc1ccc2c(c1)-c1nnc(-c3cccc(Cl)c3)n1CC2. The van der Waals surface area contributed by atoms with Crippen LogP contribution in [0.4, 0.5) is 5.69 Å². The van der Waals surface area contributed by atoms with Crippen LogP contribution in [0.1, 0.15) is 5.56 Å². The van der Waals surface area contributed by atoms with E-state index >= 15 is 0 Å². The van der Waals surface area contributed by atoms with E-state index in [9.17, 15) is 0 Å². The molecule has 2 N–H and O–H groups in total. The Kier molecular flexibility index (Phi) is 2.72. The Balaban J connectivity index is 1.89. The molecule has 21 heavy (non-hydrogen) atoms. The van der Waals surface area contributed by atoms with Crippen LogP contribution >= 0.6 is 11.6 Å². The van der Waals surface area contributed by atoms with E-state index < -0.39 is 0 Å². The molecule has 0 saturated carbocycles. The molecule has 104 valence electrons. The van der Waals surface area contributed by atoms with Crippen molar-refractivity contribution in [3.8, 4) is 22.8 Å². The molecule has 1 aliphatic rings. The number of anilines is 1. The number of fused-ring (bicyclic) bond motifs is 3. The van der Waals surface area contributed by atoms with Crippen molar-refractivity contribution in [3.05, 3.63) is 53.1 Å². The number of hydrogen-bond donors (Lipinski definition) is 1. The third-order valence-electron chi connectivity index (χ3n) is 3.81. The molecule has 0 spiro atoms. The first kappa shape index (κ1) is 12.4. The van der Waals surface area contributed by atoms with E-state index in [2.05, 4.69) is 20.8 Å². The van der Waals surface area contributed by atoms with Crippen LogP contribution < -0.4 is 5.73 Å². The van der Waals surface area contributed by atoms with Crippen LogP contribution in [0.5, 0.6) is 0 Å². The molecule has 4 rings (SSSR count). The number of hydrogen-bond acceptors (Lipinski definition) is 3. The summed E-state index contributed by atoms with van der Waals surface area (Å²) in [5.74, 6) is 1.72. The molecule has 4 nitrogen and oxygen atoms in total. The summed E-state index contributed by atoms with van der Waals surface area (Å²) in [5, 5.41) is 9.41. The van der Waals surface area contributed by atoms with Crippen LogP contribution in [-0.2, 0) is 13.0 Å². The van der Waals surface area contributed by atoms with Gasteiger partial charge in [0.25, 0.3) is 0 Å². The maximum absolute atomic E-state index is 6.07. The van der Waals surface area contributed by atoms with Gasteiger partial charge in [0, 0.05) is 28.4 Å². The monoisotopic (exact) mass is 296 g/mol. The topological polar surface area (TPSA) is 56.7 Å². The molecule has 5 heteroatoms. The number of aromatic nitrogens is 3. The maximum Gasteiger partial charge on any atom is 0.164 e. The first-order valence-electron chi connectivity index (χ1n) is 6.80. The highest BCUT2D eigenvalue weighted by Crippen LogP contribution is 2.33. The Morgan fingerprint density at radius 1 is 1.05 bits per heavy atom. The number of rotatable bonds is 1. The zero-order valence-electron chi connectivity index (χ0n) is 11.3. The molecular weight excluding hydrogens is 284 g/mol. The lowest BCUT2D eigenvalue weighted by molar-refractivity contribution is 0.688. The minimum atomic E-state index is 0.699. The van der Waals surface area contributed by atoms with Crippen molar-refractivity contribution in [1.29, 1.82) is 0 Å². The second-order valence-corrected chi connectivity index (χ2v) is 5.61. The van der Waals surface area contributed by atoms with E-state index in [0.29, 0.717) is 5.02 Å². The molecule has 1 aliphatic heterocycles. The molecule has 0 bridgehead atoms. The maximum atomic E-state index is 6.07. The van der Waals surface area contributed by atoms with Crippen molar-refractivity contribution in [2.75, 3.05) is 5.73 Å². The fraction of sp³-hybridized carbons (Fsp3) is 0.125. The zero-order valence-corrected chi connectivity index (χ0v) is 12.0. The number of halogens is 1. The van der Waals surface area contributed by atoms with E-state index in [0.717, 1.165) is 41.4 Å². The lowest BCUT2D eigenvalue weighted by Gasteiger charge is -2.19. The number of nitrogens with zero attached hydrogens (tertiary/aromatic N) is 3. The molecule has 2 heterocycles. The summed E-state index contributed by atoms with van der Waals surface area (Å²) in [6.45, 7) is 0.862. The van der Waals surface area contributed by atoms with Crippen LogP contribution in [-0.4, -0.2) is 14.8 Å². The van der Waals surface area contributed by atoms with Gasteiger partial charge in [-0.25, -0.2) is 0 Å². The molecule has 0 radical (unpaired) electrons. The third kappa shape index (κ3) is 1.99. The summed E-state index contributed by atoms with van der Waals surface area (Å²) in [6.07, 6.45) is 0.953. The van der Waals surface area contributed by atoms with Gasteiger partial charge in [-0.05, 0) is 36.2 Å². The van der Waals surface area contributed by atoms with Crippen LogP contribution in [0.3, 0.4) is 0 Å². The molecule has 0 fully saturated rings. The Morgan fingerprint density at radius 3 is 2.76 bits per heavy atom. The highest BCUT2D eigenvalue weighted by atomic mass is 35.5. The lowest BCUT2D eigenvalue weighted by atomic mass is 10.00. The van der Waals surface area contributed by atoms with Gasteiger partial charge in [0.15, 0.2) is 11.6 Å². The van der Waals surface area contributed by atoms with Crippen LogP contribution in [0.15, 0.2) is 42.5 Å². The fourth-order valence-electron chi connectivity index (χ4n) is 2.81. The molecule has 0 amide bonds. The largest absolute Gasteiger partial charge is 0.399 e. The number of nitrogens with two attached hydrogens (primary N) is 1. The summed E-state index contributed by atoms with van der Waals surface area (Å²) in [7, 11) is 0. The average molecular weight is 297 g/mol. The predicted octanol–water partition coefficient (Wildman–Crippen LogP) is 3.40. The van der Waals surface area contributed by atoms with Gasteiger partial charge in [-0.15, -0.1) is 10.2 Å². The van der Waals surface area contributed by atoms with Crippen molar-refractivity contribution < 1.29 is 0 Å². The Hall–Kier alpha value is -2.33. The van der Waals surface area contributed by atoms with Crippen molar-refractivity contribution >= 4 is 17.3 Å². The van der Waals surface area contributed by atoms with Gasteiger partial charge in [0.05, 0.1) is 0 Å². The van der Waals surface area contributed by atoms with Crippen molar-refractivity contribution in [3.63, 3.8) is 0 Å². The lowest BCUT2D eigenvalue weighted by Crippen LogP contribution is -2.12. The zero-order chi connectivity index (χ0) is 14.4. The van der Waals surface area contributed by atoms with Gasteiger partial charge in [0.1, 0.15) is 0 Å². The smallest absolute Gasteiger partial charge is 0.164 e. The molecular formula is C16H13ClN4. The van der Waals surface area contributed by atoms with Gasteiger partial charge in [-0.3, -0.25) is 0 Å². The van der Waals surface area contributed by atoms with E-state index in [4.69, 9.17) is 17.3 Å². The summed E-state index contributed by atoms with van der Waals surface area (Å²) in [4.78, 5) is 0. The molecule has 1 aromatic heterocycles. The second-order valence-electron chi connectivity index (χ2n) is 5.18. The van der Waals surface area contributed by atoms with Crippen LogP contribution in [0.2, 0.25) is 5.02 Å². The van der Waals surface area contributed by atoms with Crippen LogP contribution in [0.25, 0.3) is 22.8 Å². The van der Waals surface area contributed by atoms with Gasteiger partial charge in [0.2, 0.25) is 0 Å². The number of benzene rings is 2. The highest BCUT2D eigenvalue weighted by Gasteiger charge is 2.22. The van der Waals surface area contributed by atoms with Crippen molar-refractivity contribution in [2.45, 2.75) is 13.0 Å². The Morgan fingerprint density at radius 2 is 1.90 bits per heavy atom. The third-order valence-corrected chi connectivity index (χ3v) is 4.05. The summed E-state index contributed by atoms with van der Waals surface area (Å²) >= 11 is 6.07. The Labute approximate surface area is 127 Å². The van der Waals surface area contributed by atoms with E-state index in [1.54, 1.807) is 0 Å². The molecule has 2 aromatic carbocycles. The first-order chi connectivity index (χ1) is 10.2. The average Bonchev–Trinajstić information content (AvgIpc) is 2.91. The fourth-order valence-corrected chi connectivity index (χ4v) is 3.00. The highest BCUT2D eigenvalue weighted by molar-refractivity contribution is 6.30. The van der Waals surface area contributed by atoms with E-state index in [1.807, 2.05) is 36.4 Å². The Bertz CT molecular complexity index is 825. The minimum absolute atomic E-state index is 0.699. The first-order valence-corrected chi connectivity index (χ1v) is 7.18. The van der Waals surface area contributed by atoms with Gasteiger partial charge >= 0.3 is 0 Å². The van der Waals surface area contributed by atoms with Crippen molar-refractivity contribution in [1.82, 2.24) is 14.8 Å². The van der Waals surface area contributed by atoms with E-state index in [-0.39, 0.29) is 0 Å². The predicted molar refractivity (Wildman–Crippen MR) is 84.0 cm³/mol. The standard InChI is InChI=1S/C16H13ClN4/c17-12-3-1-2-11(8-12)15-19-20-16-14-9-13(18)5-4-10(14)6-7-21(15)16/h1-5,8-9H,6-7,18H2. The summed E-state index contributed by atoms with van der Waals surface area (Å²) in [5.41, 5.74) is 9.96. The quantitative estimate of drug-likeness (QED) is 0.700. The second kappa shape index (κ2) is 4.60.